The van der Waals surface area contributed by atoms with Crippen LogP contribution in [-0.2, 0) is 14.1 Å². The molecule has 0 amide bonds. The summed E-state index contributed by atoms with van der Waals surface area (Å²) in [5, 5.41) is 8.12. The van der Waals surface area contributed by atoms with Gasteiger partial charge in [0.05, 0.1) is 34.7 Å². The molecule has 4 aromatic heterocycles. The summed E-state index contributed by atoms with van der Waals surface area (Å²) < 4.78 is 3.88. The van der Waals surface area contributed by atoms with Crippen molar-refractivity contribution >= 4 is 40.1 Å². The maximum absolute atomic E-state index is 6.21. The van der Waals surface area contributed by atoms with Crippen molar-refractivity contribution < 1.29 is 0 Å². The van der Waals surface area contributed by atoms with Gasteiger partial charge in [0.2, 0.25) is 5.28 Å². The Bertz CT molecular complexity index is 1130. The number of anilines is 1. The fraction of sp³-hybridized carbons (Fsp3) is 0.222. The molecule has 7 nitrogen and oxygen atoms in total. The van der Waals surface area contributed by atoms with Crippen LogP contribution in [0.1, 0.15) is 18.7 Å². The van der Waals surface area contributed by atoms with Crippen LogP contribution in [-0.4, -0.2) is 29.3 Å². The van der Waals surface area contributed by atoms with Crippen molar-refractivity contribution in [2.24, 2.45) is 14.1 Å². The highest BCUT2D eigenvalue weighted by Crippen LogP contribution is 2.32. The summed E-state index contributed by atoms with van der Waals surface area (Å²) in [6, 6.07) is 5.91. The number of fused-ring (bicyclic) bond motifs is 1. The zero-order valence-corrected chi connectivity index (χ0v) is 16.5. The van der Waals surface area contributed by atoms with Gasteiger partial charge in [0, 0.05) is 32.1 Å². The molecular weight excluding hydrogens is 385 g/mol. The van der Waals surface area contributed by atoms with E-state index in [1.807, 2.05) is 48.6 Å². The summed E-state index contributed by atoms with van der Waals surface area (Å²) in [5.41, 5.74) is 4.79. The third-order valence-corrected chi connectivity index (χ3v) is 4.93. The van der Waals surface area contributed by atoms with Crippen molar-refractivity contribution in [3.63, 3.8) is 0 Å². The molecule has 0 aliphatic rings. The molecule has 138 valence electrons. The van der Waals surface area contributed by atoms with Crippen molar-refractivity contribution in [2.45, 2.75) is 13.0 Å². The van der Waals surface area contributed by atoms with E-state index < -0.39 is 0 Å². The number of hydrogen-bond donors (Lipinski definition) is 1. The monoisotopic (exact) mass is 401 g/mol. The summed E-state index contributed by atoms with van der Waals surface area (Å²) in [4.78, 5) is 13.0. The first-order valence-electron chi connectivity index (χ1n) is 8.33. The Kier molecular flexibility index (Phi) is 4.49. The average Bonchev–Trinajstić information content (AvgIpc) is 3.23. The lowest BCUT2D eigenvalue weighted by Crippen LogP contribution is -2.13. The van der Waals surface area contributed by atoms with E-state index in [0.29, 0.717) is 10.8 Å². The first-order valence-corrected chi connectivity index (χ1v) is 9.08. The molecule has 0 aromatic carbocycles. The molecule has 1 N–H and O–H groups in total. The molecule has 0 saturated carbocycles. The van der Waals surface area contributed by atoms with Gasteiger partial charge >= 0.3 is 0 Å². The maximum atomic E-state index is 6.21. The maximum Gasteiger partial charge on any atom is 0.224 e. The molecule has 0 aliphatic carbocycles. The van der Waals surface area contributed by atoms with Crippen LogP contribution in [0, 0.1) is 0 Å². The number of halogens is 2. The van der Waals surface area contributed by atoms with Crippen molar-refractivity contribution in [1.29, 1.82) is 0 Å². The van der Waals surface area contributed by atoms with Crippen LogP contribution in [0.2, 0.25) is 10.3 Å². The number of pyridine rings is 1. The zero-order chi connectivity index (χ0) is 19.1. The van der Waals surface area contributed by atoms with E-state index in [-0.39, 0.29) is 11.3 Å². The number of hydrogen-bond acceptors (Lipinski definition) is 5. The highest BCUT2D eigenvalue weighted by molar-refractivity contribution is 6.33. The predicted molar refractivity (Wildman–Crippen MR) is 107 cm³/mol. The van der Waals surface area contributed by atoms with Crippen LogP contribution in [0.15, 0.2) is 36.8 Å². The van der Waals surface area contributed by atoms with Crippen LogP contribution in [0.5, 0.6) is 0 Å². The summed E-state index contributed by atoms with van der Waals surface area (Å²) in [7, 11) is 3.91. The predicted octanol–water partition coefficient (Wildman–Crippen LogP) is 4.24. The van der Waals surface area contributed by atoms with Crippen molar-refractivity contribution in [2.75, 3.05) is 5.32 Å². The summed E-state index contributed by atoms with van der Waals surface area (Å²) in [6.45, 7) is 2.00. The molecule has 0 fully saturated rings. The highest BCUT2D eigenvalue weighted by atomic mass is 35.5. The molecule has 1 unspecified atom stereocenters. The molecule has 0 aliphatic heterocycles. The van der Waals surface area contributed by atoms with Gasteiger partial charge in [-0.1, -0.05) is 11.6 Å². The standard InChI is InChI=1S/C18H17Cl2N7/c1-10(23-17-12(19)9-21-18(20)25-17)16-11(14-4-6-22-27(14)3)8-15-13(24-16)5-7-26(15)2/h4-10H,1-3H3,(H,21,23,25). The Morgan fingerprint density at radius 1 is 1.15 bits per heavy atom. The lowest BCUT2D eigenvalue weighted by Gasteiger charge is -2.19. The van der Waals surface area contributed by atoms with E-state index in [9.17, 15) is 0 Å². The number of aromatic nitrogens is 6. The Hall–Kier alpha value is -2.64. The fourth-order valence-corrected chi connectivity index (χ4v) is 3.37. The van der Waals surface area contributed by atoms with E-state index in [0.717, 1.165) is 28.0 Å². The largest absolute Gasteiger partial charge is 0.361 e. The minimum atomic E-state index is -0.178. The third-order valence-electron chi connectivity index (χ3n) is 4.47. The van der Waals surface area contributed by atoms with Crippen LogP contribution < -0.4 is 5.32 Å². The van der Waals surface area contributed by atoms with Gasteiger partial charge in [0.1, 0.15) is 10.8 Å². The number of aryl methyl sites for hydroxylation is 2. The Morgan fingerprint density at radius 2 is 1.96 bits per heavy atom. The number of rotatable bonds is 4. The summed E-state index contributed by atoms with van der Waals surface area (Å²) >= 11 is 12.1. The van der Waals surface area contributed by atoms with Gasteiger partial charge < -0.3 is 9.88 Å². The molecule has 0 saturated heterocycles. The van der Waals surface area contributed by atoms with E-state index in [1.165, 1.54) is 6.20 Å². The van der Waals surface area contributed by atoms with Gasteiger partial charge in [0.25, 0.3) is 0 Å². The van der Waals surface area contributed by atoms with Gasteiger partial charge in [-0.2, -0.15) is 10.1 Å². The fourth-order valence-electron chi connectivity index (χ4n) is 3.09. The molecule has 4 heterocycles. The normalized spacial score (nSPS) is 12.5. The van der Waals surface area contributed by atoms with Gasteiger partial charge in [-0.05, 0) is 36.7 Å². The van der Waals surface area contributed by atoms with Crippen molar-refractivity contribution in [3.8, 4) is 11.3 Å². The lowest BCUT2D eigenvalue weighted by molar-refractivity contribution is 0.769. The quantitative estimate of drug-likeness (QED) is 0.517. The SMILES string of the molecule is CC(Nc1nc(Cl)ncc1Cl)c1nc2ccn(C)c2cc1-c1ccnn1C. The topological polar surface area (TPSA) is 73.5 Å². The van der Waals surface area contributed by atoms with Crippen molar-refractivity contribution in [1.82, 2.24) is 29.3 Å². The zero-order valence-electron chi connectivity index (χ0n) is 15.0. The van der Waals surface area contributed by atoms with Crippen LogP contribution in [0.4, 0.5) is 5.82 Å². The highest BCUT2D eigenvalue weighted by Gasteiger charge is 2.19. The molecule has 9 heteroatoms. The van der Waals surface area contributed by atoms with Gasteiger partial charge in [-0.15, -0.1) is 0 Å². The minimum Gasteiger partial charge on any atom is -0.361 e. The van der Waals surface area contributed by atoms with Crippen LogP contribution in [0.3, 0.4) is 0 Å². The van der Waals surface area contributed by atoms with Crippen LogP contribution in [0.25, 0.3) is 22.3 Å². The second-order valence-corrected chi connectivity index (χ2v) is 7.04. The second-order valence-electron chi connectivity index (χ2n) is 6.29. The Labute approximate surface area is 166 Å². The molecule has 0 bridgehead atoms. The van der Waals surface area contributed by atoms with E-state index in [2.05, 4.69) is 26.4 Å². The second kappa shape index (κ2) is 6.83. The molecule has 27 heavy (non-hydrogen) atoms. The molecule has 0 radical (unpaired) electrons. The van der Waals surface area contributed by atoms with E-state index in [1.54, 1.807) is 6.20 Å². The first-order chi connectivity index (χ1) is 12.9. The molecule has 1 atom stereocenters. The molecule has 4 rings (SSSR count). The van der Waals surface area contributed by atoms with Crippen LogP contribution >= 0.6 is 23.2 Å². The first kappa shape index (κ1) is 17.8. The van der Waals surface area contributed by atoms with Gasteiger partial charge in [-0.3, -0.25) is 4.68 Å². The minimum absolute atomic E-state index is 0.132. The lowest BCUT2D eigenvalue weighted by atomic mass is 10.0. The number of nitrogens with one attached hydrogen (secondary N) is 1. The van der Waals surface area contributed by atoms with Crippen molar-refractivity contribution in [3.05, 3.63) is 52.8 Å². The third kappa shape index (κ3) is 3.24. The number of nitrogens with zero attached hydrogens (tertiary/aromatic N) is 6. The molecule has 4 aromatic rings. The van der Waals surface area contributed by atoms with E-state index in [4.69, 9.17) is 28.2 Å². The summed E-state index contributed by atoms with van der Waals surface area (Å²) in [5.74, 6) is 0.468. The van der Waals surface area contributed by atoms with Gasteiger partial charge in [0.15, 0.2) is 0 Å². The Balaban J connectivity index is 1.84. The smallest absolute Gasteiger partial charge is 0.224 e. The molecule has 0 spiro atoms. The molecular formula is C18H17Cl2N7. The van der Waals surface area contributed by atoms with Gasteiger partial charge in [-0.25, -0.2) is 9.97 Å². The average molecular weight is 402 g/mol. The summed E-state index contributed by atoms with van der Waals surface area (Å²) in [6.07, 6.45) is 5.24. The van der Waals surface area contributed by atoms with E-state index >= 15 is 0 Å². The Morgan fingerprint density at radius 3 is 2.70 bits per heavy atom.